The van der Waals surface area contributed by atoms with Crippen LogP contribution in [0.15, 0.2) is 24.3 Å². The van der Waals surface area contributed by atoms with Crippen LogP contribution in [0, 0.1) is 5.92 Å². The molecule has 108 valence electrons. The van der Waals surface area contributed by atoms with Gasteiger partial charge in [0.15, 0.2) is 0 Å². The lowest BCUT2D eigenvalue weighted by molar-refractivity contribution is -0.117. The molecule has 1 aromatic rings. The average molecular weight is 276 g/mol. The number of benzene rings is 1. The van der Waals surface area contributed by atoms with Crippen molar-refractivity contribution in [3.63, 3.8) is 0 Å². The lowest BCUT2D eigenvalue weighted by atomic mass is 9.96. The number of rotatable bonds is 4. The number of nitrogens with one attached hydrogen (secondary N) is 2. The summed E-state index contributed by atoms with van der Waals surface area (Å²) < 4.78 is 5.28. The Morgan fingerprint density at radius 3 is 2.20 bits per heavy atom. The first-order valence-electron chi connectivity index (χ1n) is 6.89. The van der Waals surface area contributed by atoms with Gasteiger partial charge in [-0.3, -0.25) is 9.59 Å². The minimum atomic E-state index is -0.110. The van der Waals surface area contributed by atoms with Crippen molar-refractivity contribution in [2.24, 2.45) is 5.92 Å². The minimum absolute atomic E-state index is 0.0316. The predicted octanol–water partition coefficient (Wildman–Crippen LogP) is 2.40. The Bertz CT molecular complexity index is 465. The highest BCUT2D eigenvalue weighted by molar-refractivity contribution is 5.92. The number of carbonyl (C=O) groups excluding carboxylic acids is 2. The van der Waals surface area contributed by atoms with E-state index < -0.39 is 0 Å². The molecule has 0 unspecified atom stereocenters. The van der Waals surface area contributed by atoms with Crippen LogP contribution >= 0.6 is 0 Å². The van der Waals surface area contributed by atoms with Gasteiger partial charge in [0.25, 0.3) is 0 Å². The van der Waals surface area contributed by atoms with Gasteiger partial charge in [-0.1, -0.05) is 0 Å². The Labute approximate surface area is 118 Å². The Morgan fingerprint density at radius 1 is 1.10 bits per heavy atom. The molecule has 1 aromatic carbocycles. The van der Waals surface area contributed by atoms with E-state index in [4.69, 9.17) is 4.74 Å². The van der Waals surface area contributed by atoms with Gasteiger partial charge in [-0.2, -0.15) is 0 Å². The summed E-state index contributed by atoms with van der Waals surface area (Å²) in [5.74, 6) is 0.341. The van der Waals surface area contributed by atoms with Crippen molar-refractivity contribution in [2.75, 3.05) is 23.8 Å². The fourth-order valence-corrected chi connectivity index (χ4v) is 2.26. The van der Waals surface area contributed by atoms with Crippen LogP contribution in [0.25, 0.3) is 0 Å². The van der Waals surface area contributed by atoms with Gasteiger partial charge in [-0.05, 0) is 43.0 Å². The quantitative estimate of drug-likeness (QED) is 0.887. The van der Waals surface area contributed by atoms with E-state index in [2.05, 4.69) is 10.6 Å². The molecule has 0 aliphatic carbocycles. The van der Waals surface area contributed by atoms with Gasteiger partial charge in [0.1, 0.15) is 0 Å². The summed E-state index contributed by atoms with van der Waals surface area (Å²) in [7, 11) is 0. The lowest BCUT2D eigenvalue weighted by Crippen LogP contribution is -2.22. The number of ether oxygens (including phenoxy) is 1. The van der Waals surface area contributed by atoms with Crippen molar-refractivity contribution in [1.82, 2.24) is 0 Å². The first-order chi connectivity index (χ1) is 9.63. The summed E-state index contributed by atoms with van der Waals surface area (Å²) in [6, 6.07) is 7.11. The van der Waals surface area contributed by atoms with Crippen LogP contribution in [0.1, 0.15) is 26.2 Å². The van der Waals surface area contributed by atoms with E-state index in [9.17, 15) is 9.59 Å². The number of hydrogen-bond donors (Lipinski definition) is 2. The molecule has 2 N–H and O–H groups in total. The van der Waals surface area contributed by atoms with E-state index in [0.717, 1.165) is 37.4 Å². The monoisotopic (exact) mass is 276 g/mol. The normalized spacial score (nSPS) is 15.7. The van der Waals surface area contributed by atoms with E-state index in [-0.39, 0.29) is 11.8 Å². The molecule has 0 aromatic heterocycles. The summed E-state index contributed by atoms with van der Waals surface area (Å²) in [6.07, 6.45) is 2.45. The molecule has 1 fully saturated rings. The van der Waals surface area contributed by atoms with E-state index in [0.29, 0.717) is 12.3 Å². The highest BCUT2D eigenvalue weighted by Gasteiger charge is 2.17. The largest absolute Gasteiger partial charge is 0.381 e. The number of hydrogen-bond acceptors (Lipinski definition) is 3. The Hall–Kier alpha value is -1.88. The second kappa shape index (κ2) is 7.05. The van der Waals surface area contributed by atoms with Gasteiger partial charge in [0.05, 0.1) is 0 Å². The molecule has 1 heterocycles. The van der Waals surface area contributed by atoms with Crippen molar-refractivity contribution in [2.45, 2.75) is 26.2 Å². The zero-order valence-corrected chi connectivity index (χ0v) is 11.6. The number of anilines is 2. The van der Waals surface area contributed by atoms with Crippen LogP contribution in [-0.4, -0.2) is 25.0 Å². The van der Waals surface area contributed by atoms with Crippen LogP contribution in [0.3, 0.4) is 0 Å². The lowest BCUT2D eigenvalue weighted by Gasteiger charge is -2.21. The van der Waals surface area contributed by atoms with E-state index in [1.165, 1.54) is 6.92 Å². The third kappa shape index (κ3) is 4.66. The average Bonchev–Trinajstić information content (AvgIpc) is 2.41. The SMILES string of the molecule is CC(=O)Nc1ccc(NC(=O)CC2CCOCC2)cc1. The third-order valence-corrected chi connectivity index (χ3v) is 3.30. The standard InChI is InChI=1S/C15H20N2O3/c1-11(18)16-13-2-4-14(5-3-13)17-15(19)10-12-6-8-20-9-7-12/h2-5,12H,6-10H2,1H3,(H,16,18)(H,17,19). The molecule has 1 aliphatic heterocycles. The summed E-state index contributed by atoms with van der Waals surface area (Å²) in [5.41, 5.74) is 1.47. The third-order valence-electron chi connectivity index (χ3n) is 3.30. The van der Waals surface area contributed by atoms with Crippen molar-refractivity contribution in [3.8, 4) is 0 Å². The molecular formula is C15H20N2O3. The van der Waals surface area contributed by atoms with Crippen molar-refractivity contribution < 1.29 is 14.3 Å². The van der Waals surface area contributed by atoms with E-state index in [1.54, 1.807) is 24.3 Å². The summed E-state index contributed by atoms with van der Waals surface area (Å²) in [5, 5.41) is 5.56. The molecule has 0 saturated carbocycles. The van der Waals surface area contributed by atoms with Crippen molar-refractivity contribution in [1.29, 1.82) is 0 Å². The number of amides is 2. The predicted molar refractivity (Wildman–Crippen MR) is 77.5 cm³/mol. The molecule has 0 radical (unpaired) electrons. The maximum absolute atomic E-state index is 11.9. The van der Waals surface area contributed by atoms with Crippen LogP contribution in [-0.2, 0) is 14.3 Å². The maximum atomic E-state index is 11.9. The van der Waals surface area contributed by atoms with Crippen LogP contribution in [0.4, 0.5) is 11.4 Å². The first-order valence-corrected chi connectivity index (χ1v) is 6.89. The molecular weight excluding hydrogens is 256 g/mol. The van der Waals surface area contributed by atoms with Gasteiger partial charge < -0.3 is 15.4 Å². The molecule has 0 spiro atoms. The second-order valence-corrected chi connectivity index (χ2v) is 5.07. The fourth-order valence-electron chi connectivity index (χ4n) is 2.26. The van der Waals surface area contributed by atoms with Crippen molar-refractivity contribution >= 4 is 23.2 Å². The summed E-state index contributed by atoms with van der Waals surface area (Å²) >= 11 is 0. The Kier molecular flexibility index (Phi) is 5.12. The maximum Gasteiger partial charge on any atom is 0.224 e. The molecule has 20 heavy (non-hydrogen) atoms. The van der Waals surface area contributed by atoms with Gasteiger partial charge in [-0.15, -0.1) is 0 Å². The molecule has 1 saturated heterocycles. The molecule has 5 nitrogen and oxygen atoms in total. The van der Waals surface area contributed by atoms with Crippen LogP contribution in [0.2, 0.25) is 0 Å². The molecule has 2 rings (SSSR count). The highest BCUT2D eigenvalue weighted by atomic mass is 16.5. The summed E-state index contributed by atoms with van der Waals surface area (Å²) in [6.45, 7) is 2.97. The van der Waals surface area contributed by atoms with Gasteiger partial charge >= 0.3 is 0 Å². The Balaban J connectivity index is 1.82. The van der Waals surface area contributed by atoms with Crippen LogP contribution < -0.4 is 10.6 Å². The highest BCUT2D eigenvalue weighted by Crippen LogP contribution is 2.20. The molecule has 2 amide bonds. The smallest absolute Gasteiger partial charge is 0.224 e. The van der Waals surface area contributed by atoms with E-state index >= 15 is 0 Å². The second-order valence-electron chi connectivity index (χ2n) is 5.07. The zero-order chi connectivity index (χ0) is 14.4. The van der Waals surface area contributed by atoms with Gasteiger partial charge in [0.2, 0.25) is 11.8 Å². The molecule has 0 bridgehead atoms. The topological polar surface area (TPSA) is 67.4 Å². The van der Waals surface area contributed by atoms with Crippen molar-refractivity contribution in [3.05, 3.63) is 24.3 Å². The van der Waals surface area contributed by atoms with Crippen LogP contribution in [0.5, 0.6) is 0 Å². The summed E-state index contributed by atoms with van der Waals surface area (Å²) in [4.78, 5) is 22.8. The van der Waals surface area contributed by atoms with E-state index in [1.807, 2.05) is 0 Å². The molecule has 0 atom stereocenters. The number of carbonyl (C=O) groups is 2. The first kappa shape index (κ1) is 14.5. The molecule has 5 heteroatoms. The minimum Gasteiger partial charge on any atom is -0.381 e. The van der Waals surface area contributed by atoms with Gasteiger partial charge in [-0.25, -0.2) is 0 Å². The Morgan fingerprint density at radius 2 is 1.65 bits per heavy atom. The van der Waals surface area contributed by atoms with Gasteiger partial charge in [0, 0.05) is 37.9 Å². The zero-order valence-electron chi connectivity index (χ0n) is 11.6. The molecule has 1 aliphatic rings. The fraction of sp³-hybridized carbons (Fsp3) is 0.467.